The van der Waals surface area contributed by atoms with Crippen molar-refractivity contribution in [2.45, 2.75) is 45.3 Å². The molecule has 0 aromatic heterocycles. The third-order valence-electron chi connectivity index (χ3n) is 2.54. The molecule has 0 radical (unpaired) electrons. The Bertz CT molecular complexity index is 321. The zero-order chi connectivity index (χ0) is 12.5. The van der Waals surface area contributed by atoms with E-state index in [0.717, 1.165) is 18.4 Å². The first-order chi connectivity index (χ1) is 8.22. The molecular formula is C14H20O3. The van der Waals surface area contributed by atoms with Gasteiger partial charge in [0.05, 0.1) is 12.5 Å². The van der Waals surface area contributed by atoms with Crippen molar-refractivity contribution in [3.8, 4) is 0 Å². The quantitative estimate of drug-likeness (QED) is 0.740. The summed E-state index contributed by atoms with van der Waals surface area (Å²) in [5.74, 6) is -0.336. The maximum absolute atomic E-state index is 11.4. The van der Waals surface area contributed by atoms with Gasteiger partial charge in [0.25, 0.3) is 0 Å². The van der Waals surface area contributed by atoms with Gasteiger partial charge in [-0.3, -0.25) is 4.79 Å². The number of hydrogen-bond acceptors (Lipinski definition) is 3. The van der Waals surface area contributed by atoms with E-state index in [0.29, 0.717) is 6.42 Å². The summed E-state index contributed by atoms with van der Waals surface area (Å²) in [5, 5.41) is 9.55. The van der Waals surface area contributed by atoms with Crippen LogP contribution in [0.3, 0.4) is 0 Å². The molecule has 0 saturated heterocycles. The van der Waals surface area contributed by atoms with Crippen LogP contribution in [0.15, 0.2) is 30.3 Å². The van der Waals surface area contributed by atoms with Crippen molar-refractivity contribution in [2.24, 2.45) is 0 Å². The maximum Gasteiger partial charge on any atom is 0.308 e. The molecule has 0 fully saturated rings. The van der Waals surface area contributed by atoms with Crippen LogP contribution in [0, 0.1) is 0 Å². The van der Waals surface area contributed by atoms with Gasteiger partial charge in [-0.25, -0.2) is 0 Å². The molecular weight excluding hydrogens is 216 g/mol. The molecule has 1 aromatic carbocycles. The van der Waals surface area contributed by atoms with Gasteiger partial charge in [-0.05, 0) is 12.0 Å². The van der Waals surface area contributed by atoms with E-state index in [9.17, 15) is 9.90 Å². The lowest BCUT2D eigenvalue weighted by atomic mass is 10.1. The number of unbranched alkanes of at least 4 members (excludes halogenated alkanes) is 1. The Labute approximate surface area is 102 Å². The summed E-state index contributed by atoms with van der Waals surface area (Å²) in [6.45, 7) is 2.33. The molecule has 0 aliphatic heterocycles. The standard InChI is InChI=1S/C14H20O3/c1-2-3-9-13(15)10-14(16)17-11-12-7-5-4-6-8-12/h4-8,13,15H,2-3,9-11H2,1H3. The summed E-state index contributed by atoms with van der Waals surface area (Å²) < 4.78 is 5.08. The van der Waals surface area contributed by atoms with Crippen LogP contribution in [0.25, 0.3) is 0 Å². The second kappa shape index (κ2) is 7.85. The van der Waals surface area contributed by atoms with Crippen LogP contribution in [0.1, 0.15) is 38.2 Å². The van der Waals surface area contributed by atoms with Gasteiger partial charge in [-0.15, -0.1) is 0 Å². The fourth-order valence-corrected chi connectivity index (χ4v) is 1.53. The van der Waals surface area contributed by atoms with Gasteiger partial charge in [0, 0.05) is 0 Å². The van der Waals surface area contributed by atoms with E-state index in [-0.39, 0.29) is 19.0 Å². The number of benzene rings is 1. The maximum atomic E-state index is 11.4. The Balaban J connectivity index is 2.21. The van der Waals surface area contributed by atoms with Crippen LogP contribution in [0.2, 0.25) is 0 Å². The number of rotatable bonds is 7. The molecule has 1 unspecified atom stereocenters. The van der Waals surface area contributed by atoms with Gasteiger partial charge in [0.2, 0.25) is 0 Å². The number of ether oxygens (including phenoxy) is 1. The van der Waals surface area contributed by atoms with Gasteiger partial charge < -0.3 is 9.84 Å². The summed E-state index contributed by atoms with van der Waals surface area (Å²) in [5.41, 5.74) is 0.962. The highest BCUT2D eigenvalue weighted by atomic mass is 16.5. The molecule has 94 valence electrons. The molecule has 17 heavy (non-hydrogen) atoms. The van der Waals surface area contributed by atoms with Gasteiger partial charge >= 0.3 is 5.97 Å². The van der Waals surface area contributed by atoms with Gasteiger partial charge in [0.1, 0.15) is 6.61 Å². The molecule has 0 spiro atoms. The number of carbonyl (C=O) groups is 1. The fraction of sp³-hybridized carbons (Fsp3) is 0.500. The molecule has 0 amide bonds. The minimum absolute atomic E-state index is 0.0901. The monoisotopic (exact) mass is 236 g/mol. The third-order valence-corrected chi connectivity index (χ3v) is 2.54. The van der Waals surface area contributed by atoms with E-state index in [2.05, 4.69) is 6.92 Å². The molecule has 0 bridgehead atoms. The van der Waals surface area contributed by atoms with Crippen LogP contribution >= 0.6 is 0 Å². The highest BCUT2D eigenvalue weighted by Gasteiger charge is 2.11. The lowest BCUT2D eigenvalue weighted by Crippen LogP contribution is -2.15. The first kappa shape index (κ1) is 13.7. The summed E-state index contributed by atoms with van der Waals surface area (Å²) in [7, 11) is 0. The normalized spacial score (nSPS) is 12.1. The summed E-state index contributed by atoms with van der Waals surface area (Å²) in [6, 6.07) is 9.53. The molecule has 1 aromatic rings. The van der Waals surface area contributed by atoms with Crippen LogP contribution in [-0.2, 0) is 16.1 Å². The van der Waals surface area contributed by atoms with E-state index in [1.165, 1.54) is 0 Å². The smallest absolute Gasteiger partial charge is 0.308 e. The first-order valence-corrected chi connectivity index (χ1v) is 6.10. The first-order valence-electron chi connectivity index (χ1n) is 6.10. The van der Waals surface area contributed by atoms with E-state index >= 15 is 0 Å². The van der Waals surface area contributed by atoms with Gasteiger partial charge in [-0.1, -0.05) is 50.1 Å². The Morgan fingerprint density at radius 3 is 2.71 bits per heavy atom. The Morgan fingerprint density at radius 1 is 1.35 bits per heavy atom. The van der Waals surface area contributed by atoms with Crippen molar-refractivity contribution in [3.05, 3.63) is 35.9 Å². The van der Waals surface area contributed by atoms with Gasteiger partial charge in [-0.2, -0.15) is 0 Å². The van der Waals surface area contributed by atoms with E-state index < -0.39 is 6.10 Å². The third kappa shape index (κ3) is 6.07. The summed E-state index contributed by atoms with van der Waals surface area (Å²) in [4.78, 5) is 11.4. The second-order valence-corrected chi connectivity index (χ2v) is 4.15. The second-order valence-electron chi connectivity index (χ2n) is 4.15. The molecule has 3 nitrogen and oxygen atoms in total. The molecule has 3 heteroatoms. The van der Waals surface area contributed by atoms with Crippen LogP contribution in [0.4, 0.5) is 0 Å². The predicted octanol–water partition coefficient (Wildman–Crippen LogP) is 2.67. The lowest BCUT2D eigenvalue weighted by Gasteiger charge is -2.09. The molecule has 1 atom stereocenters. The summed E-state index contributed by atoms with van der Waals surface area (Å²) in [6.07, 6.45) is 2.14. The summed E-state index contributed by atoms with van der Waals surface area (Å²) >= 11 is 0. The number of aliphatic hydroxyl groups excluding tert-OH is 1. The minimum atomic E-state index is -0.571. The zero-order valence-corrected chi connectivity index (χ0v) is 10.3. The van der Waals surface area contributed by atoms with E-state index in [4.69, 9.17) is 4.74 Å². The fourth-order valence-electron chi connectivity index (χ4n) is 1.53. The largest absolute Gasteiger partial charge is 0.461 e. The highest BCUT2D eigenvalue weighted by Crippen LogP contribution is 2.07. The molecule has 0 aliphatic carbocycles. The van der Waals surface area contributed by atoms with E-state index in [1.807, 2.05) is 30.3 Å². The van der Waals surface area contributed by atoms with Crippen LogP contribution < -0.4 is 0 Å². The van der Waals surface area contributed by atoms with Crippen molar-refractivity contribution in [1.82, 2.24) is 0 Å². The molecule has 1 rings (SSSR count). The predicted molar refractivity (Wildman–Crippen MR) is 66.4 cm³/mol. The van der Waals surface area contributed by atoms with Crippen LogP contribution in [-0.4, -0.2) is 17.2 Å². The molecule has 0 saturated carbocycles. The number of aliphatic hydroxyl groups is 1. The van der Waals surface area contributed by atoms with Crippen molar-refractivity contribution >= 4 is 5.97 Å². The van der Waals surface area contributed by atoms with Crippen molar-refractivity contribution < 1.29 is 14.6 Å². The molecule has 0 heterocycles. The Kier molecular flexibility index (Phi) is 6.33. The highest BCUT2D eigenvalue weighted by molar-refractivity contribution is 5.69. The van der Waals surface area contributed by atoms with E-state index in [1.54, 1.807) is 0 Å². The number of carbonyl (C=O) groups excluding carboxylic acids is 1. The molecule has 0 aliphatic rings. The molecule has 1 N–H and O–H groups in total. The lowest BCUT2D eigenvalue weighted by molar-refractivity contribution is -0.147. The van der Waals surface area contributed by atoms with Crippen molar-refractivity contribution in [2.75, 3.05) is 0 Å². The van der Waals surface area contributed by atoms with Crippen molar-refractivity contribution in [1.29, 1.82) is 0 Å². The number of hydrogen-bond donors (Lipinski definition) is 1. The average Bonchev–Trinajstić information content (AvgIpc) is 2.35. The van der Waals surface area contributed by atoms with Gasteiger partial charge in [0.15, 0.2) is 0 Å². The topological polar surface area (TPSA) is 46.5 Å². The van der Waals surface area contributed by atoms with Crippen molar-refractivity contribution in [3.63, 3.8) is 0 Å². The SMILES string of the molecule is CCCCC(O)CC(=O)OCc1ccccc1. The Hall–Kier alpha value is -1.35. The average molecular weight is 236 g/mol. The zero-order valence-electron chi connectivity index (χ0n) is 10.3. The minimum Gasteiger partial charge on any atom is -0.461 e. The van der Waals surface area contributed by atoms with Crippen LogP contribution in [0.5, 0.6) is 0 Å². The Morgan fingerprint density at radius 2 is 2.06 bits per heavy atom. The number of esters is 1.